The van der Waals surface area contributed by atoms with E-state index in [4.69, 9.17) is 5.11 Å². The van der Waals surface area contributed by atoms with Crippen molar-refractivity contribution in [1.82, 2.24) is 5.32 Å². The number of rotatable bonds is 5. The standard InChI is InChI=1S/C14H17NO4S/c16-8-10-7-11(20-9-10)3-4-12(17)15-14(13(18)19)5-1-2-6-14/h3-4,7,9,16H,1-2,5-6,8H2,(H,15,17)(H,18,19)/b4-3+. The normalized spacial score (nSPS) is 17.4. The molecule has 1 aliphatic carbocycles. The molecule has 0 radical (unpaired) electrons. The summed E-state index contributed by atoms with van der Waals surface area (Å²) in [6, 6.07) is 1.79. The van der Waals surface area contributed by atoms with Crippen LogP contribution in [0.5, 0.6) is 0 Å². The number of nitrogens with one attached hydrogen (secondary N) is 1. The molecule has 0 spiro atoms. The molecule has 1 amide bonds. The number of hydrogen-bond donors (Lipinski definition) is 3. The molecule has 1 aromatic heterocycles. The molecule has 0 unspecified atom stereocenters. The van der Waals surface area contributed by atoms with Gasteiger partial charge in [0.15, 0.2) is 0 Å². The van der Waals surface area contributed by atoms with Gasteiger partial charge in [-0.1, -0.05) is 12.8 Å². The molecule has 0 atom stereocenters. The summed E-state index contributed by atoms with van der Waals surface area (Å²) < 4.78 is 0. The summed E-state index contributed by atoms with van der Waals surface area (Å²) in [5.74, 6) is -1.36. The molecule has 1 fully saturated rings. The largest absolute Gasteiger partial charge is 0.480 e. The first-order valence-corrected chi connectivity index (χ1v) is 7.35. The molecule has 0 saturated heterocycles. The van der Waals surface area contributed by atoms with Crippen LogP contribution in [0.1, 0.15) is 36.1 Å². The SMILES string of the molecule is O=C(/C=C/c1cc(CO)cs1)NC1(C(=O)O)CCCC1. The zero-order valence-corrected chi connectivity index (χ0v) is 11.8. The number of carbonyl (C=O) groups is 2. The molecule has 6 heteroatoms. The minimum Gasteiger partial charge on any atom is -0.480 e. The van der Waals surface area contributed by atoms with E-state index in [1.54, 1.807) is 12.1 Å². The van der Waals surface area contributed by atoms with Crippen LogP contribution >= 0.6 is 11.3 Å². The molecule has 108 valence electrons. The molecule has 5 nitrogen and oxygen atoms in total. The van der Waals surface area contributed by atoms with Gasteiger partial charge in [-0.2, -0.15) is 0 Å². The molecule has 0 bridgehead atoms. The van der Waals surface area contributed by atoms with Crippen molar-refractivity contribution in [2.75, 3.05) is 0 Å². The van der Waals surface area contributed by atoms with Crippen LogP contribution in [0.25, 0.3) is 6.08 Å². The number of amides is 1. The summed E-state index contributed by atoms with van der Waals surface area (Å²) in [4.78, 5) is 24.0. The van der Waals surface area contributed by atoms with Crippen LogP contribution in [0.15, 0.2) is 17.5 Å². The van der Waals surface area contributed by atoms with E-state index >= 15 is 0 Å². The number of thiophene rings is 1. The number of aliphatic hydroxyl groups is 1. The van der Waals surface area contributed by atoms with E-state index in [9.17, 15) is 14.7 Å². The maximum absolute atomic E-state index is 11.9. The smallest absolute Gasteiger partial charge is 0.329 e. The molecule has 0 aromatic carbocycles. The second-order valence-electron chi connectivity index (χ2n) is 4.93. The van der Waals surface area contributed by atoms with Crippen LogP contribution in [0.3, 0.4) is 0 Å². The Morgan fingerprint density at radius 2 is 2.10 bits per heavy atom. The van der Waals surface area contributed by atoms with Crippen molar-refractivity contribution in [2.24, 2.45) is 0 Å². The zero-order valence-electron chi connectivity index (χ0n) is 11.0. The Kier molecular flexibility index (Phi) is 4.57. The maximum atomic E-state index is 11.9. The highest BCUT2D eigenvalue weighted by Gasteiger charge is 2.42. The van der Waals surface area contributed by atoms with Gasteiger partial charge in [0.2, 0.25) is 5.91 Å². The highest BCUT2D eigenvalue weighted by atomic mass is 32.1. The van der Waals surface area contributed by atoms with Gasteiger partial charge in [0.25, 0.3) is 0 Å². The monoisotopic (exact) mass is 295 g/mol. The van der Waals surface area contributed by atoms with E-state index in [1.807, 2.05) is 5.38 Å². The average Bonchev–Trinajstić information content (AvgIpc) is 3.05. The third kappa shape index (κ3) is 3.26. The zero-order chi connectivity index (χ0) is 14.6. The molecule has 2 rings (SSSR count). The number of carboxylic acid groups (broad SMARTS) is 1. The predicted octanol–water partition coefficient (Wildman–Crippen LogP) is 1.77. The van der Waals surface area contributed by atoms with Gasteiger partial charge >= 0.3 is 5.97 Å². The summed E-state index contributed by atoms with van der Waals surface area (Å²) in [5.41, 5.74) is -0.305. The third-order valence-corrected chi connectivity index (χ3v) is 4.43. The second-order valence-corrected chi connectivity index (χ2v) is 5.88. The Hall–Kier alpha value is -1.66. The fraction of sp³-hybridized carbons (Fsp3) is 0.429. The number of hydrogen-bond acceptors (Lipinski definition) is 4. The topological polar surface area (TPSA) is 86.6 Å². The fourth-order valence-electron chi connectivity index (χ4n) is 2.37. The number of aliphatic hydroxyl groups excluding tert-OH is 1. The number of carbonyl (C=O) groups excluding carboxylic acids is 1. The van der Waals surface area contributed by atoms with Crippen molar-refractivity contribution in [1.29, 1.82) is 0 Å². The Morgan fingerprint density at radius 3 is 2.65 bits per heavy atom. The Bertz CT molecular complexity index is 529. The highest BCUT2D eigenvalue weighted by Crippen LogP contribution is 2.29. The first-order chi connectivity index (χ1) is 9.55. The van der Waals surface area contributed by atoms with Crippen molar-refractivity contribution in [3.05, 3.63) is 28.0 Å². The number of carboxylic acids is 1. The van der Waals surface area contributed by atoms with Crippen LogP contribution in [0.4, 0.5) is 0 Å². The van der Waals surface area contributed by atoms with Crippen LogP contribution < -0.4 is 5.32 Å². The van der Waals surface area contributed by atoms with Gasteiger partial charge in [0, 0.05) is 11.0 Å². The Balaban J connectivity index is 1.99. The van der Waals surface area contributed by atoms with E-state index in [1.165, 1.54) is 17.4 Å². The van der Waals surface area contributed by atoms with Crippen LogP contribution in [-0.4, -0.2) is 27.6 Å². The van der Waals surface area contributed by atoms with Gasteiger partial charge < -0.3 is 15.5 Å². The quantitative estimate of drug-likeness (QED) is 0.723. The third-order valence-electron chi connectivity index (χ3n) is 3.48. The summed E-state index contributed by atoms with van der Waals surface area (Å²) >= 11 is 1.42. The van der Waals surface area contributed by atoms with Gasteiger partial charge in [-0.05, 0) is 35.9 Å². The average molecular weight is 295 g/mol. The maximum Gasteiger partial charge on any atom is 0.329 e. The van der Waals surface area contributed by atoms with Crippen molar-refractivity contribution < 1.29 is 19.8 Å². The highest BCUT2D eigenvalue weighted by molar-refractivity contribution is 7.11. The van der Waals surface area contributed by atoms with E-state index in [2.05, 4.69) is 5.32 Å². The van der Waals surface area contributed by atoms with Crippen molar-refractivity contribution in [3.8, 4) is 0 Å². The van der Waals surface area contributed by atoms with Crippen LogP contribution in [-0.2, 0) is 16.2 Å². The van der Waals surface area contributed by atoms with Gasteiger partial charge in [0.1, 0.15) is 5.54 Å². The van der Waals surface area contributed by atoms with Crippen molar-refractivity contribution in [2.45, 2.75) is 37.8 Å². The van der Waals surface area contributed by atoms with Crippen molar-refractivity contribution >= 4 is 29.3 Å². The van der Waals surface area contributed by atoms with Gasteiger partial charge in [-0.15, -0.1) is 11.3 Å². The van der Waals surface area contributed by atoms with Crippen LogP contribution in [0, 0.1) is 0 Å². The fourth-order valence-corrected chi connectivity index (χ4v) is 3.17. The Morgan fingerprint density at radius 1 is 1.40 bits per heavy atom. The predicted molar refractivity (Wildman–Crippen MR) is 76.3 cm³/mol. The summed E-state index contributed by atoms with van der Waals surface area (Å²) in [6.45, 7) is -0.0291. The lowest BCUT2D eigenvalue weighted by atomic mass is 9.98. The lowest BCUT2D eigenvalue weighted by Gasteiger charge is -2.24. The minimum absolute atomic E-state index is 0.0291. The van der Waals surface area contributed by atoms with Gasteiger partial charge in [0.05, 0.1) is 6.61 Å². The lowest BCUT2D eigenvalue weighted by Crippen LogP contribution is -2.52. The molecular weight excluding hydrogens is 278 g/mol. The first-order valence-electron chi connectivity index (χ1n) is 6.48. The summed E-state index contributed by atoms with van der Waals surface area (Å²) in [6.07, 6.45) is 5.58. The van der Waals surface area contributed by atoms with Gasteiger partial charge in [-0.25, -0.2) is 4.79 Å². The molecule has 3 N–H and O–H groups in total. The second kappa shape index (κ2) is 6.19. The Labute approximate surface area is 120 Å². The molecule has 0 aliphatic heterocycles. The van der Waals surface area contributed by atoms with E-state index < -0.39 is 17.4 Å². The van der Waals surface area contributed by atoms with E-state index in [0.29, 0.717) is 12.8 Å². The lowest BCUT2D eigenvalue weighted by molar-refractivity contribution is -0.146. The molecule has 1 saturated carbocycles. The molecule has 1 aliphatic rings. The molecule has 1 heterocycles. The van der Waals surface area contributed by atoms with Crippen molar-refractivity contribution in [3.63, 3.8) is 0 Å². The summed E-state index contributed by atoms with van der Waals surface area (Å²) in [7, 11) is 0. The van der Waals surface area contributed by atoms with Crippen LogP contribution in [0.2, 0.25) is 0 Å². The minimum atomic E-state index is -1.10. The number of aliphatic carboxylic acids is 1. The molecular formula is C14H17NO4S. The first kappa shape index (κ1) is 14.7. The van der Waals surface area contributed by atoms with Gasteiger partial charge in [-0.3, -0.25) is 4.79 Å². The van der Waals surface area contributed by atoms with E-state index in [0.717, 1.165) is 23.3 Å². The molecule has 1 aromatic rings. The summed E-state index contributed by atoms with van der Waals surface area (Å²) in [5, 5.41) is 22.6. The van der Waals surface area contributed by atoms with E-state index in [-0.39, 0.29) is 6.61 Å². The molecule has 20 heavy (non-hydrogen) atoms.